The SMILES string of the molecule is CC(C)c1cccc(C(C)C)c1[N]1[C](CC(C)(C)C2=CC=CC2)(c2ccccc2)[Cr]1([Cl])[Cl]. The average Bonchev–Trinajstić information content (AvgIpc) is 3.10. The molecular weight excluding hydrogens is 473 g/mol. The summed E-state index contributed by atoms with van der Waals surface area (Å²) in [6, 6.07) is 17.5. The molecule has 4 rings (SSSR count). The predicted octanol–water partition coefficient (Wildman–Crippen LogP) is 9.29. The van der Waals surface area contributed by atoms with Crippen LogP contribution in [0.3, 0.4) is 0 Å². The quantitative estimate of drug-likeness (QED) is 0.337. The van der Waals surface area contributed by atoms with Gasteiger partial charge in [0.25, 0.3) is 0 Å². The summed E-state index contributed by atoms with van der Waals surface area (Å²) in [5.74, 6) is 0.794. The van der Waals surface area contributed by atoms with Crippen LogP contribution in [-0.4, -0.2) is 0 Å². The van der Waals surface area contributed by atoms with Crippen LogP contribution in [0.15, 0.2) is 72.3 Å². The van der Waals surface area contributed by atoms with Crippen molar-refractivity contribution in [2.45, 2.75) is 70.6 Å². The van der Waals surface area contributed by atoms with Gasteiger partial charge in [-0.05, 0) is 0 Å². The van der Waals surface area contributed by atoms with E-state index in [1.165, 1.54) is 28.0 Å². The number of hydrogen-bond acceptors (Lipinski definition) is 1. The van der Waals surface area contributed by atoms with Crippen molar-refractivity contribution in [3.05, 3.63) is 89.0 Å². The molecule has 172 valence electrons. The Labute approximate surface area is 205 Å². The van der Waals surface area contributed by atoms with Crippen molar-refractivity contribution >= 4 is 25.8 Å². The first-order valence-corrected chi connectivity index (χ1v) is 16.3. The van der Waals surface area contributed by atoms with Crippen molar-refractivity contribution < 1.29 is 11.5 Å². The standard InChI is InChI=1S/C28H35N.2ClH.Cr/c1-20(2)24-17-12-18-25(21(3)4)27(24)29-26(22-13-8-7-9-14-22)19-28(5,6)23-15-10-11-16-23;;;/h7-15,17-18,20-21H,16,19H2,1-6H3;2*1H;/q-1;;;+3/p-2. The van der Waals surface area contributed by atoms with Gasteiger partial charge < -0.3 is 0 Å². The van der Waals surface area contributed by atoms with Gasteiger partial charge in [0, 0.05) is 0 Å². The molecule has 1 saturated heterocycles. The fraction of sp³-hybridized carbons (Fsp3) is 0.429. The van der Waals surface area contributed by atoms with Crippen molar-refractivity contribution in [2.24, 2.45) is 5.41 Å². The van der Waals surface area contributed by atoms with Crippen LogP contribution in [0.2, 0.25) is 0 Å². The van der Waals surface area contributed by atoms with E-state index in [9.17, 15) is 0 Å². The Morgan fingerprint density at radius 2 is 1.53 bits per heavy atom. The Bertz CT molecular complexity index is 1030. The molecule has 1 heterocycles. The molecule has 2 aromatic carbocycles. The molecule has 1 nitrogen and oxygen atoms in total. The van der Waals surface area contributed by atoms with Crippen molar-refractivity contribution in [3.8, 4) is 0 Å². The second-order valence-electron chi connectivity index (χ2n) is 10.4. The number of halogens is 2. The van der Waals surface area contributed by atoms with Crippen LogP contribution in [-0.2, 0) is 15.9 Å². The van der Waals surface area contributed by atoms with Crippen molar-refractivity contribution in [2.75, 3.05) is 3.88 Å². The summed E-state index contributed by atoms with van der Waals surface area (Å²) in [6.45, 7) is 13.8. The number of benzene rings is 2. The maximum atomic E-state index is 7.48. The van der Waals surface area contributed by atoms with Gasteiger partial charge in [0.15, 0.2) is 0 Å². The average molecular weight is 508 g/mol. The van der Waals surface area contributed by atoms with E-state index in [1.807, 2.05) is 0 Å². The van der Waals surface area contributed by atoms with Gasteiger partial charge in [0.1, 0.15) is 0 Å². The molecule has 32 heavy (non-hydrogen) atoms. The Hall–Kier alpha value is -1.17. The first-order chi connectivity index (χ1) is 15.0. The summed E-state index contributed by atoms with van der Waals surface area (Å²) < 4.78 is 2.12. The summed E-state index contributed by atoms with van der Waals surface area (Å²) in [5, 5.41) is 0. The molecule has 0 saturated carbocycles. The second kappa shape index (κ2) is 8.56. The number of nitrogens with zero attached hydrogens (tertiary/aromatic N) is 1. The number of hydrogen-bond donors (Lipinski definition) is 0. The molecule has 0 bridgehead atoms. The van der Waals surface area contributed by atoms with Gasteiger partial charge in [-0.15, -0.1) is 0 Å². The van der Waals surface area contributed by atoms with Gasteiger partial charge in [-0.25, -0.2) is 0 Å². The van der Waals surface area contributed by atoms with E-state index in [0.717, 1.165) is 12.8 Å². The van der Waals surface area contributed by atoms with Gasteiger partial charge in [0.05, 0.1) is 0 Å². The van der Waals surface area contributed by atoms with Crippen LogP contribution >= 0.6 is 20.1 Å². The van der Waals surface area contributed by atoms with Crippen molar-refractivity contribution in [3.63, 3.8) is 0 Å². The molecule has 1 aliphatic carbocycles. The second-order valence-corrected chi connectivity index (χ2v) is 17.7. The van der Waals surface area contributed by atoms with Crippen LogP contribution < -0.4 is 3.88 Å². The third-order valence-corrected chi connectivity index (χ3v) is 13.6. The van der Waals surface area contributed by atoms with Crippen LogP contribution in [0.5, 0.6) is 0 Å². The first kappa shape index (κ1) is 24.0. The van der Waals surface area contributed by atoms with E-state index >= 15 is 0 Å². The van der Waals surface area contributed by atoms with E-state index in [4.69, 9.17) is 20.1 Å². The topological polar surface area (TPSA) is 3.01 Å². The third-order valence-electron chi connectivity index (χ3n) is 7.02. The Balaban J connectivity index is 1.92. The first-order valence-electron chi connectivity index (χ1n) is 11.6. The number of anilines is 1. The molecule has 0 radical (unpaired) electrons. The minimum atomic E-state index is -3.06. The third kappa shape index (κ3) is 3.78. The molecule has 0 N–H and O–H groups in total. The fourth-order valence-corrected chi connectivity index (χ4v) is 12.7. The van der Waals surface area contributed by atoms with Gasteiger partial charge in [-0.2, -0.15) is 0 Å². The predicted molar refractivity (Wildman–Crippen MR) is 137 cm³/mol. The van der Waals surface area contributed by atoms with E-state index < -0.39 is 11.5 Å². The molecule has 1 unspecified atom stereocenters. The van der Waals surface area contributed by atoms with Crippen molar-refractivity contribution in [1.82, 2.24) is 0 Å². The molecule has 1 atom stereocenters. The Morgan fingerprint density at radius 3 is 2.03 bits per heavy atom. The zero-order valence-electron chi connectivity index (χ0n) is 20.0. The van der Waals surface area contributed by atoms with Crippen LogP contribution in [0.4, 0.5) is 5.69 Å². The summed E-state index contributed by atoms with van der Waals surface area (Å²) in [6.07, 6.45) is 8.62. The monoisotopic (exact) mass is 507 g/mol. The molecule has 1 fully saturated rings. The summed E-state index contributed by atoms with van der Waals surface area (Å²) in [5.41, 5.74) is 6.67. The minimum absolute atomic E-state index is 0.00867. The van der Waals surface area contributed by atoms with Crippen molar-refractivity contribution in [1.29, 1.82) is 0 Å². The molecule has 2 aromatic rings. The molecular formula is C28H35Cl2CrN. The van der Waals surface area contributed by atoms with Gasteiger partial charge >= 0.3 is 206 Å². The molecule has 0 spiro atoms. The zero-order chi connectivity index (χ0) is 23.3. The van der Waals surface area contributed by atoms with Crippen LogP contribution in [0, 0.1) is 5.41 Å². The van der Waals surface area contributed by atoms with Crippen LogP contribution in [0.1, 0.15) is 82.9 Å². The number of allylic oxidation sites excluding steroid dienone is 4. The van der Waals surface area contributed by atoms with E-state index in [2.05, 4.69) is 112 Å². The molecule has 0 aromatic heterocycles. The van der Waals surface area contributed by atoms with Gasteiger partial charge in [0.2, 0.25) is 0 Å². The Kier molecular flexibility index (Phi) is 6.41. The fourth-order valence-electron chi connectivity index (χ4n) is 5.20. The molecule has 1 aliphatic heterocycles. The molecule has 2 aliphatic rings. The summed E-state index contributed by atoms with van der Waals surface area (Å²) in [7, 11) is 15.0. The molecule has 0 amide bonds. The number of rotatable bonds is 7. The maximum absolute atomic E-state index is 7.48. The summed E-state index contributed by atoms with van der Waals surface area (Å²) in [4.78, 5) is 0. The van der Waals surface area contributed by atoms with Gasteiger partial charge in [-0.3, -0.25) is 0 Å². The van der Waals surface area contributed by atoms with E-state index in [1.54, 1.807) is 0 Å². The molecule has 4 heteroatoms. The summed E-state index contributed by atoms with van der Waals surface area (Å²) >= 11 is -3.06. The van der Waals surface area contributed by atoms with E-state index in [0.29, 0.717) is 11.8 Å². The number of para-hydroxylation sites is 1. The van der Waals surface area contributed by atoms with Crippen LogP contribution in [0.25, 0.3) is 0 Å². The van der Waals surface area contributed by atoms with Gasteiger partial charge in [-0.1, -0.05) is 0 Å². The normalized spacial score (nSPS) is 23.1. The zero-order valence-corrected chi connectivity index (χ0v) is 22.8. The van der Waals surface area contributed by atoms with E-state index in [-0.39, 0.29) is 9.82 Å². The Morgan fingerprint density at radius 1 is 0.938 bits per heavy atom.